The predicted molar refractivity (Wildman–Crippen MR) is 73.5 cm³/mol. The smallest absolute Gasteiger partial charge is 0.264 e. The molecule has 5 nitrogen and oxygen atoms in total. The van der Waals surface area contributed by atoms with E-state index in [9.17, 15) is 9.59 Å². The first kappa shape index (κ1) is 14.9. The molecule has 0 radical (unpaired) electrons. The molecule has 0 spiro atoms. The summed E-state index contributed by atoms with van der Waals surface area (Å²) in [6.07, 6.45) is 0. The molecule has 0 unspecified atom stereocenters. The highest BCUT2D eigenvalue weighted by Gasteiger charge is 2.25. The molecule has 18 heavy (non-hydrogen) atoms. The first-order valence-electron chi connectivity index (χ1n) is 5.49. The van der Waals surface area contributed by atoms with E-state index in [2.05, 4.69) is 5.32 Å². The molecule has 0 saturated carbocycles. The number of carbonyl (C=O) groups is 2. The van der Waals surface area contributed by atoms with Crippen LogP contribution >= 0.6 is 23.7 Å². The lowest BCUT2D eigenvalue weighted by Crippen LogP contribution is -2.52. The molecule has 7 heteroatoms. The number of nitrogens with zero attached hydrogens (tertiary/aromatic N) is 1. The Morgan fingerprint density at radius 1 is 1.56 bits per heavy atom. The number of piperazine rings is 1. The van der Waals surface area contributed by atoms with Crippen molar-refractivity contribution in [3.05, 3.63) is 21.9 Å². The van der Waals surface area contributed by atoms with Gasteiger partial charge in [-0.2, -0.15) is 0 Å². The number of primary amides is 1. The zero-order valence-corrected chi connectivity index (χ0v) is 11.6. The highest BCUT2D eigenvalue weighted by atomic mass is 35.5. The maximum absolute atomic E-state index is 12.2. The second-order valence-corrected chi connectivity index (χ2v) is 5.03. The highest BCUT2D eigenvalue weighted by molar-refractivity contribution is 7.12. The lowest BCUT2D eigenvalue weighted by Gasteiger charge is -2.33. The van der Waals surface area contributed by atoms with Gasteiger partial charge in [0.05, 0.1) is 10.4 Å². The molecule has 3 N–H and O–H groups in total. The molecular weight excluding hydrogens is 274 g/mol. The molecule has 1 atom stereocenters. The van der Waals surface area contributed by atoms with Crippen LogP contribution in [0, 0.1) is 0 Å². The first-order valence-corrected chi connectivity index (χ1v) is 6.37. The number of thiophene rings is 1. The molecule has 100 valence electrons. The van der Waals surface area contributed by atoms with Crippen LogP contribution in [0.1, 0.15) is 27.0 Å². The minimum absolute atomic E-state index is 0. The Bertz CT molecular complexity index is 449. The van der Waals surface area contributed by atoms with Gasteiger partial charge in [-0.25, -0.2) is 0 Å². The van der Waals surface area contributed by atoms with Gasteiger partial charge < -0.3 is 16.0 Å². The Morgan fingerprint density at radius 3 is 2.83 bits per heavy atom. The fourth-order valence-corrected chi connectivity index (χ4v) is 2.71. The van der Waals surface area contributed by atoms with Crippen LogP contribution in [0.15, 0.2) is 11.4 Å². The van der Waals surface area contributed by atoms with Crippen LogP contribution in [0.2, 0.25) is 0 Å². The third-order valence-electron chi connectivity index (χ3n) is 2.86. The van der Waals surface area contributed by atoms with Gasteiger partial charge in [0, 0.05) is 31.1 Å². The van der Waals surface area contributed by atoms with Crippen molar-refractivity contribution in [1.29, 1.82) is 0 Å². The average molecular weight is 290 g/mol. The SMILES string of the molecule is C[C@@H]1CNCCN1C(=O)c1cc(C(N)=O)cs1.Cl. The first-order chi connectivity index (χ1) is 8.09. The third kappa shape index (κ3) is 3.01. The van der Waals surface area contributed by atoms with E-state index in [0.29, 0.717) is 17.0 Å². The van der Waals surface area contributed by atoms with E-state index in [1.165, 1.54) is 11.3 Å². The topological polar surface area (TPSA) is 75.4 Å². The number of nitrogens with one attached hydrogen (secondary N) is 1. The maximum atomic E-state index is 12.2. The van der Waals surface area contributed by atoms with Gasteiger partial charge in [-0.1, -0.05) is 0 Å². The number of rotatable bonds is 2. The Morgan fingerprint density at radius 2 is 2.28 bits per heavy atom. The van der Waals surface area contributed by atoms with Gasteiger partial charge in [0.25, 0.3) is 5.91 Å². The molecule has 2 heterocycles. The molecule has 1 saturated heterocycles. The number of hydrogen-bond donors (Lipinski definition) is 2. The molecule has 1 aromatic rings. The van der Waals surface area contributed by atoms with Crippen LogP contribution in [0.5, 0.6) is 0 Å². The zero-order chi connectivity index (χ0) is 12.4. The summed E-state index contributed by atoms with van der Waals surface area (Å²) >= 11 is 1.27. The summed E-state index contributed by atoms with van der Waals surface area (Å²) in [4.78, 5) is 25.6. The van der Waals surface area contributed by atoms with Crippen molar-refractivity contribution in [2.45, 2.75) is 13.0 Å². The van der Waals surface area contributed by atoms with Crippen molar-refractivity contribution in [1.82, 2.24) is 10.2 Å². The molecule has 2 amide bonds. The molecule has 1 fully saturated rings. The van der Waals surface area contributed by atoms with Crippen LogP contribution < -0.4 is 11.1 Å². The van der Waals surface area contributed by atoms with Gasteiger partial charge in [-0.15, -0.1) is 23.7 Å². The van der Waals surface area contributed by atoms with E-state index >= 15 is 0 Å². The number of carbonyl (C=O) groups excluding carboxylic acids is 2. The molecular formula is C11H16ClN3O2S. The molecule has 1 aromatic heterocycles. The Hall–Kier alpha value is -1.11. The monoisotopic (exact) mass is 289 g/mol. The van der Waals surface area contributed by atoms with Gasteiger partial charge in [0.15, 0.2) is 0 Å². The summed E-state index contributed by atoms with van der Waals surface area (Å²) in [5, 5.41) is 4.86. The van der Waals surface area contributed by atoms with E-state index in [0.717, 1.165) is 13.1 Å². The maximum Gasteiger partial charge on any atom is 0.264 e. The van der Waals surface area contributed by atoms with Gasteiger partial charge in [0.1, 0.15) is 0 Å². The van der Waals surface area contributed by atoms with Gasteiger partial charge in [0.2, 0.25) is 5.91 Å². The fraction of sp³-hybridized carbons (Fsp3) is 0.455. The second kappa shape index (κ2) is 6.17. The molecule has 2 rings (SSSR count). The van der Waals surface area contributed by atoms with Crippen molar-refractivity contribution in [2.24, 2.45) is 5.73 Å². The van der Waals surface area contributed by atoms with Crippen molar-refractivity contribution in [3.63, 3.8) is 0 Å². The largest absolute Gasteiger partial charge is 0.366 e. The van der Waals surface area contributed by atoms with Crippen LogP contribution in [-0.2, 0) is 0 Å². The summed E-state index contributed by atoms with van der Waals surface area (Å²) in [6.45, 7) is 4.32. The van der Waals surface area contributed by atoms with Crippen molar-refractivity contribution < 1.29 is 9.59 Å². The number of nitrogens with two attached hydrogens (primary N) is 1. The summed E-state index contributed by atoms with van der Waals surface area (Å²) in [6, 6.07) is 1.75. The molecule has 1 aliphatic heterocycles. The number of amides is 2. The summed E-state index contributed by atoms with van der Waals surface area (Å²) in [7, 11) is 0. The second-order valence-electron chi connectivity index (χ2n) is 4.12. The summed E-state index contributed by atoms with van der Waals surface area (Å²) in [5.41, 5.74) is 5.57. The van der Waals surface area contributed by atoms with Crippen molar-refractivity contribution >= 4 is 35.6 Å². The van der Waals surface area contributed by atoms with Crippen LogP contribution in [0.3, 0.4) is 0 Å². The van der Waals surface area contributed by atoms with Crippen LogP contribution in [-0.4, -0.2) is 42.4 Å². The summed E-state index contributed by atoms with van der Waals surface area (Å²) < 4.78 is 0. The summed E-state index contributed by atoms with van der Waals surface area (Å²) in [5.74, 6) is -0.509. The Labute approximate surface area is 116 Å². The van der Waals surface area contributed by atoms with Crippen molar-refractivity contribution in [2.75, 3.05) is 19.6 Å². The minimum atomic E-state index is -0.492. The number of hydrogen-bond acceptors (Lipinski definition) is 4. The highest BCUT2D eigenvalue weighted by Crippen LogP contribution is 2.18. The van der Waals surface area contributed by atoms with E-state index in [4.69, 9.17) is 5.73 Å². The lowest BCUT2D eigenvalue weighted by molar-refractivity contribution is 0.0661. The molecule has 0 aromatic carbocycles. The van der Waals surface area contributed by atoms with E-state index < -0.39 is 5.91 Å². The third-order valence-corrected chi connectivity index (χ3v) is 3.78. The standard InChI is InChI=1S/C11H15N3O2S.ClH/c1-7-5-13-2-3-14(7)11(16)9-4-8(6-17-9)10(12)15;/h4,6-7,13H,2-3,5H2,1H3,(H2,12,15);1H/t7-;/m1./s1. The fourth-order valence-electron chi connectivity index (χ4n) is 1.86. The van der Waals surface area contributed by atoms with E-state index in [1.807, 2.05) is 11.8 Å². The van der Waals surface area contributed by atoms with Gasteiger partial charge >= 0.3 is 0 Å². The van der Waals surface area contributed by atoms with E-state index in [1.54, 1.807) is 11.4 Å². The minimum Gasteiger partial charge on any atom is -0.366 e. The van der Waals surface area contributed by atoms with Crippen LogP contribution in [0.25, 0.3) is 0 Å². The van der Waals surface area contributed by atoms with Gasteiger partial charge in [-0.05, 0) is 13.0 Å². The zero-order valence-electron chi connectivity index (χ0n) is 10.0. The van der Waals surface area contributed by atoms with E-state index in [-0.39, 0.29) is 24.4 Å². The molecule has 1 aliphatic rings. The normalized spacial score (nSPS) is 19.2. The molecule has 0 aliphatic carbocycles. The Balaban J connectivity index is 0.00000162. The van der Waals surface area contributed by atoms with Gasteiger partial charge in [-0.3, -0.25) is 9.59 Å². The Kier molecular flexibility index (Phi) is 5.13. The quantitative estimate of drug-likeness (QED) is 0.842. The van der Waals surface area contributed by atoms with Crippen LogP contribution in [0.4, 0.5) is 0 Å². The predicted octanol–water partition coefficient (Wildman–Crippen LogP) is 0.703. The lowest BCUT2D eigenvalue weighted by atomic mass is 10.2. The number of halogens is 1. The molecule has 0 bridgehead atoms. The average Bonchev–Trinajstić information content (AvgIpc) is 2.78. The van der Waals surface area contributed by atoms with Crippen molar-refractivity contribution in [3.8, 4) is 0 Å².